The van der Waals surface area contributed by atoms with Crippen LogP contribution in [-0.4, -0.2) is 33.7 Å². The molecule has 5 heteroatoms. The second-order valence-corrected chi connectivity index (χ2v) is 4.34. The van der Waals surface area contributed by atoms with Crippen LogP contribution in [0.4, 0.5) is 0 Å². The van der Waals surface area contributed by atoms with Crippen LogP contribution in [0, 0.1) is 3.57 Å². The van der Waals surface area contributed by atoms with Crippen LogP contribution in [0.2, 0.25) is 0 Å². The van der Waals surface area contributed by atoms with Crippen molar-refractivity contribution in [2.24, 2.45) is 0 Å². The molecule has 0 aliphatic carbocycles. The first-order chi connectivity index (χ1) is 6.25. The Morgan fingerprint density at radius 3 is 2.85 bits per heavy atom. The van der Waals surface area contributed by atoms with Gasteiger partial charge >= 0.3 is 0 Å². The second kappa shape index (κ2) is 3.65. The molecular formula is C8H10IN3O. The van der Waals surface area contributed by atoms with Crippen LogP contribution in [-0.2, 0) is 11.3 Å². The fourth-order valence-electron chi connectivity index (χ4n) is 1.23. The molecule has 13 heavy (non-hydrogen) atoms. The van der Waals surface area contributed by atoms with Crippen molar-refractivity contribution in [3.05, 3.63) is 16.0 Å². The highest BCUT2D eigenvalue weighted by Crippen LogP contribution is 2.07. The zero-order valence-corrected chi connectivity index (χ0v) is 9.27. The maximum absolute atomic E-state index is 11.5. The van der Waals surface area contributed by atoms with Gasteiger partial charge < -0.3 is 4.90 Å². The van der Waals surface area contributed by atoms with Gasteiger partial charge in [-0.2, -0.15) is 5.10 Å². The van der Waals surface area contributed by atoms with Crippen LogP contribution in [0.15, 0.2) is 12.4 Å². The van der Waals surface area contributed by atoms with E-state index in [1.54, 1.807) is 10.9 Å². The summed E-state index contributed by atoms with van der Waals surface area (Å²) in [6.45, 7) is 2.21. The fraction of sp³-hybridized carbons (Fsp3) is 0.500. The third kappa shape index (κ3) is 2.01. The number of aromatic nitrogens is 2. The monoisotopic (exact) mass is 291 g/mol. The molecule has 0 unspecified atom stereocenters. The highest BCUT2D eigenvalue weighted by molar-refractivity contribution is 14.1. The molecular weight excluding hydrogens is 281 g/mol. The molecule has 2 heterocycles. The smallest absolute Gasteiger partial charge is 0.244 e. The first-order valence-corrected chi connectivity index (χ1v) is 5.29. The van der Waals surface area contributed by atoms with Crippen molar-refractivity contribution in [2.75, 3.05) is 13.1 Å². The standard InChI is InChI=1S/C8H10IN3O/c9-7-4-10-12(5-7)6-8(13)11-2-1-3-11/h4-5H,1-3,6H2. The molecule has 0 atom stereocenters. The molecule has 4 nitrogen and oxygen atoms in total. The zero-order chi connectivity index (χ0) is 9.26. The van der Waals surface area contributed by atoms with Gasteiger partial charge in [0.1, 0.15) is 6.54 Å². The van der Waals surface area contributed by atoms with Crippen molar-refractivity contribution < 1.29 is 4.79 Å². The molecule has 1 aliphatic rings. The van der Waals surface area contributed by atoms with E-state index in [4.69, 9.17) is 0 Å². The summed E-state index contributed by atoms with van der Waals surface area (Å²) >= 11 is 2.18. The van der Waals surface area contributed by atoms with Gasteiger partial charge in [-0.1, -0.05) is 0 Å². The first kappa shape index (κ1) is 8.98. The lowest BCUT2D eigenvalue weighted by molar-refractivity contribution is -0.135. The number of carbonyl (C=O) groups excluding carboxylic acids is 1. The Balaban J connectivity index is 1.93. The minimum absolute atomic E-state index is 0.172. The number of amides is 1. The summed E-state index contributed by atoms with van der Waals surface area (Å²) < 4.78 is 2.75. The summed E-state index contributed by atoms with van der Waals surface area (Å²) in [4.78, 5) is 13.3. The molecule has 0 N–H and O–H groups in total. The topological polar surface area (TPSA) is 38.1 Å². The van der Waals surface area contributed by atoms with E-state index in [2.05, 4.69) is 27.7 Å². The van der Waals surface area contributed by atoms with E-state index < -0.39 is 0 Å². The lowest BCUT2D eigenvalue weighted by atomic mass is 10.2. The molecule has 1 aliphatic heterocycles. The van der Waals surface area contributed by atoms with Crippen LogP contribution in [0.3, 0.4) is 0 Å². The summed E-state index contributed by atoms with van der Waals surface area (Å²) in [6.07, 6.45) is 4.77. The van der Waals surface area contributed by atoms with Gasteiger partial charge in [-0.3, -0.25) is 9.48 Å². The molecule has 0 spiro atoms. The minimum atomic E-state index is 0.172. The summed E-state index contributed by atoms with van der Waals surface area (Å²) in [7, 11) is 0. The molecule has 0 saturated carbocycles. The Hall–Kier alpha value is -0.590. The average Bonchev–Trinajstić information content (AvgIpc) is 2.31. The lowest BCUT2D eigenvalue weighted by Crippen LogP contribution is -2.43. The van der Waals surface area contributed by atoms with E-state index in [-0.39, 0.29) is 5.91 Å². The van der Waals surface area contributed by atoms with E-state index in [0.717, 1.165) is 23.1 Å². The highest BCUT2D eigenvalue weighted by Gasteiger charge is 2.20. The predicted molar refractivity (Wildman–Crippen MR) is 56.1 cm³/mol. The third-order valence-electron chi connectivity index (χ3n) is 2.11. The SMILES string of the molecule is O=C(Cn1cc(I)cn1)N1CCC1. The number of halogens is 1. The number of hydrogen-bond acceptors (Lipinski definition) is 2. The van der Waals surface area contributed by atoms with Crippen molar-refractivity contribution in [3.8, 4) is 0 Å². The quantitative estimate of drug-likeness (QED) is 0.753. The maximum atomic E-state index is 11.5. The normalized spacial score (nSPS) is 15.6. The number of nitrogens with zero attached hydrogens (tertiary/aromatic N) is 3. The number of hydrogen-bond donors (Lipinski definition) is 0. The van der Waals surface area contributed by atoms with Crippen molar-refractivity contribution in [1.29, 1.82) is 0 Å². The van der Waals surface area contributed by atoms with Crippen LogP contribution in [0.5, 0.6) is 0 Å². The molecule has 1 fully saturated rings. The van der Waals surface area contributed by atoms with Gasteiger partial charge in [0.25, 0.3) is 0 Å². The Kier molecular flexibility index (Phi) is 2.52. The van der Waals surface area contributed by atoms with E-state index in [1.165, 1.54) is 0 Å². The predicted octanol–water partition coefficient (Wildman–Crippen LogP) is 0.720. The number of likely N-dealkylation sites (tertiary alicyclic amines) is 1. The van der Waals surface area contributed by atoms with Crippen molar-refractivity contribution >= 4 is 28.5 Å². The van der Waals surface area contributed by atoms with Crippen LogP contribution in [0.1, 0.15) is 6.42 Å². The van der Waals surface area contributed by atoms with Crippen molar-refractivity contribution in [1.82, 2.24) is 14.7 Å². The Morgan fingerprint density at radius 2 is 2.38 bits per heavy atom. The largest absolute Gasteiger partial charge is 0.341 e. The number of rotatable bonds is 2. The van der Waals surface area contributed by atoms with Crippen LogP contribution < -0.4 is 0 Å². The van der Waals surface area contributed by atoms with E-state index in [0.29, 0.717) is 6.54 Å². The van der Waals surface area contributed by atoms with Crippen LogP contribution >= 0.6 is 22.6 Å². The zero-order valence-electron chi connectivity index (χ0n) is 7.11. The molecule has 1 saturated heterocycles. The van der Waals surface area contributed by atoms with Gasteiger partial charge in [0.15, 0.2) is 0 Å². The molecule has 2 rings (SSSR count). The molecule has 1 amide bonds. The van der Waals surface area contributed by atoms with Gasteiger partial charge in [-0.15, -0.1) is 0 Å². The van der Waals surface area contributed by atoms with Gasteiger partial charge in [-0.05, 0) is 29.0 Å². The van der Waals surface area contributed by atoms with E-state index in [1.807, 2.05) is 11.1 Å². The summed E-state index contributed by atoms with van der Waals surface area (Å²) in [6, 6.07) is 0. The van der Waals surface area contributed by atoms with E-state index >= 15 is 0 Å². The van der Waals surface area contributed by atoms with Crippen molar-refractivity contribution in [2.45, 2.75) is 13.0 Å². The Labute approximate surface area is 90.0 Å². The van der Waals surface area contributed by atoms with Gasteiger partial charge in [-0.25, -0.2) is 0 Å². The highest BCUT2D eigenvalue weighted by atomic mass is 127. The third-order valence-corrected chi connectivity index (χ3v) is 2.66. The minimum Gasteiger partial charge on any atom is -0.341 e. The molecule has 70 valence electrons. The molecule has 1 aromatic heterocycles. The van der Waals surface area contributed by atoms with Gasteiger partial charge in [0.2, 0.25) is 5.91 Å². The van der Waals surface area contributed by atoms with Crippen molar-refractivity contribution in [3.63, 3.8) is 0 Å². The lowest BCUT2D eigenvalue weighted by Gasteiger charge is -2.30. The second-order valence-electron chi connectivity index (χ2n) is 3.09. The maximum Gasteiger partial charge on any atom is 0.244 e. The summed E-state index contributed by atoms with van der Waals surface area (Å²) in [5.41, 5.74) is 0. The molecule has 1 aromatic rings. The average molecular weight is 291 g/mol. The summed E-state index contributed by atoms with van der Waals surface area (Å²) in [5, 5.41) is 4.06. The Morgan fingerprint density at radius 1 is 1.62 bits per heavy atom. The number of carbonyl (C=O) groups is 1. The first-order valence-electron chi connectivity index (χ1n) is 4.21. The fourth-order valence-corrected chi connectivity index (χ4v) is 1.68. The Bertz CT molecular complexity index is 319. The molecule has 0 radical (unpaired) electrons. The van der Waals surface area contributed by atoms with E-state index in [9.17, 15) is 4.79 Å². The molecule has 0 bridgehead atoms. The molecule has 0 aromatic carbocycles. The summed E-state index contributed by atoms with van der Waals surface area (Å²) in [5.74, 6) is 0.172. The van der Waals surface area contributed by atoms with Gasteiger partial charge in [0, 0.05) is 19.3 Å². The van der Waals surface area contributed by atoms with Gasteiger partial charge in [0.05, 0.1) is 9.77 Å². The van der Waals surface area contributed by atoms with Crippen LogP contribution in [0.25, 0.3) is 0 Å².